The van der Waals surface area contributed by atoms with Gasteiger partial charge in [0.25, 0.3) is 5.89 Å². The van der Waals surface area contributed by atoms with Crippen LogP contribution in [0, 0.1) is 6.92 Å². The Bertz CT molecular complexity index is 1100. The van der Waals surface area contributed by atoms with Crippen molar-refractivity contribution in [2.24, 2.45) is 0 Å². The maximum atomic E-state index is 6.08. The Hall–Kier alpha value is -2.81. The fraction of sp³-hybridized carbons (Fsp3) is 0.348. The molecule has 1 unspecified atom stereocenters. The van der Waals surface area contributed by atoms with Crippen LogP contribution in [-0.4, -0.2) is 39.5 Å². The zero-order valence-corrected chi connectivity index (χ0v) is 18.2. The summed E-state index contributed by atoms with van der Waals surface area (Å²) in [5.74, 6) is 1.66. The number of ether oxygens (including phenoxy) is 1. The van der Waals surface area contributed by atoms with Crippen molar-refractivity contribution < 1.29 is 13.7 Å². The Balaban J connectivity index is 1.37. The van der Waals surface area contributed by atoms with Crippen molar-refractivity contribution in [3.05, 3.63) is 64.4 Å². The molecule has 1 aliphatic rings. The van der Waals surface area contributed by atoms with Gasteiger partial charge in [-0.15, -0.1) is 21.5 Å². The molecule has 0 radical (unpaired) electrons. The first kappa shape index (κ1) is 20.1. The highest BCUT2D eigenvalue weighted by Crippen LogP contribution is 2.33. The van der Waals surface area contributed by atoms with Gasteiger partial charge in [0.05, 0.1) is 12.6 Å². The Labute approximate surface area is 184 Å². The molecule has 1 aromatic carbocycles. The highest BCUT2D eigenvalue weighted by molar-refractivity contribution is 7.09. The number of hydrogen-bond acceptors (Lipinski definition) is 8. The van der Waals surface area contributed by atoms with Crippen molar-refractivity contribution >= 4 is 11.3 Å². The van der Waals surface area contributed by atoms with Crippen molar-refractivity contribution in [2.45, 2.75) is 39.0 Å². The van der Waals surface area contributed by atoms with Crippen LogP contribution in [0.2, 0.25) is 0 Å². The van der Waals surface area contributed by atoms with Gasteiger partial charge >= 0.3 is 0 Å². The van der Waals surface area contributed by atoms with Crippen LogP contribution in [0.5, 0.6) is 0 Å². The summed E-state index contributed by atoms with van der Waals surface area (Å²) in [4.78, 5) is 3.62. The van der Waals surface area contributed by atoms with Gasteiger partial charge in [0, 0.05) is 30.1 Å². The second-order valence-electron chi connectivity index (χ2n) is 7.71. The Kier molecular flexibility index (Phi) is 5.93. The molecule has 7 nitrogen and oxygen atoms in total. The minimum Gasteiger partial charge on any atom is -0.419 e. The minimum absolute atomic E-state index is 0.257. The van der Waals surface area contributed by atoms with E-state index in [2.05, 4.69) is 37.8 Å². The summed E-state index contributed by atoms with van der Waals surface area (Å²) in [5, 5.41) is 15.0. The van der Waals surface area contributed by atoms with E-state index in [9.17, 15) is 0 Å². The number of aromatic nitrogens is 3. The smallest absolute Gasteiger partial charge is 0.253 e. The van der Waals surface area contributed by atoms with Gasteiger partial charge in [-0.3, -0.25) is 4.90 Å². The van der Waals surface area contributed by atoms with Crippen LogP contribution in [0.3, 0.4) is 0 Å². The number of rotatable bonds is 8. The third-order valence-electron chi connectivity index (χ3n) is 5.39. The maximum absolute atomic E-state index is 6.08. The second-order valence-corrected chi connectivity index (χ2v) is 8.75. The lowest BCUT2D eigenvalue weighted by molar-refractivity contribution is 0.0653. The zero-order chi connectivity index (χ0) is 21.0. The van der Waals surface area contributed by atoms with Crippen LogP contribution in [0.4, 0.5) is 0 Å². The second kappa shape index (κ2) is 9.13. The molecule has 31 heavy (non-hydrogen) atoms. The van der Waals surface area contributed by atoms with Crippen LogP contribution in [0.15, 0.2) is 56.8 Å². The lowest BCUT2D eigenvalue weighted by Crippen LogP contribution is -2.31. The first-order valence-electron chi connectivity index (χ1n) is 10.5. The standard InChI is InChI=1S/C23H24N4O3S/c1-16-21(22(26-30-16)17-7-3-2-4-8-17)23-25-24-20(29-23)15-27(13-18-9-5-11-28-18)14-19-10-6-12-31-19/h2-4,6-8,10,12,18H,5,9,11,13-15H2,1H3. The van der Waals surface area contributed by atoms with E-state index in [4.69, 9.17) is 13.7 Å². The van der Waals surface area contributed by atoms with Crippen molar-refractivity contribution in [3.63, 3.8) is 0 Å². The summed E-state index contributed by atoms with van der Waals surface area (Å²) >= 11 is 1.75. The molecule has 1 aliphatic heterocycles. The number of nitrogens with zero attached hydrogens (tertiary/aromatic N) is 4. The lowest BCUT2D eigenvalue weighted by atomic mass is 10.1. The number of aryl methyl sites for hydroxylation is 1. The topological polar surface area (TPSA) is 77.4 Å². The largest absolute Gasteiger partial charge is 0.419 e. The first-order valence-corrected chi connectivity index (χ1v) is 11.3. The highest BCUT2D eigenvalue weighted by Gasteiger charge is 2.24. The molecule has 3 aromatic heterocycles. The van der Waals surface area contributed by atoms with Crippen molar-refractivity contribution in [1.29, 1.82) is 0 Å². The molecule has 4 heterocycles. The van der Waals surface area contributed by atoms with E-state index in [-0.39, 0.29) is 6.10 Å². The fourth-order valence-corrected chi connectivity index (χ4v) is 4.66. The molecule has 0 saturated carbocycles. The third kappa shape index (κ3) is 4.61. The maximum Gasteiger partial charge on any atom is 0.253 e. The predicted molar refractivity (Wildman–Crippen MR) is 117 cm³/mol. The van der Waals surface area contributed by atoms with Gasteiger partial charge in [-0.1, -0.05) is 41.6 Å². The molecule has 0 bridgehead atoms. The molecule has 1 saturated heterocycles. The SMILES string of the molecule is Cc1onc(-c2ccccc2)c1-c1nnc(CN(Cc2cccs2)CC2CCCO2)o1. The highest BCUT2D eigenvalue weighted by atomic mass is 32.1. The monoisotopic (exact) mass is 436 g/mol. The Morgan fingerprint density at radius 2 is 2.00 bits per heavy atom. The molecule has 0 aliphatic carbocycles. The Morgan fingerprint density at radius 1 is 1.10 bits per heavy atom. The van der Waals surface area contributed by atoms with E-state index in [0.717, 1.165) is 43.7 Å². The molecular formula is C23H24N4O3S. The first-order chi connectivity index (χ1) is 15.3. The number of thiophene rings is 1. The van der Waals surface area contributed by atoms with E-state index in [1.54, 1.807) is 11.3 Å². The number of hydrogen-bond donors (Lipinski definition) is 0. The summed E-state index contributed by atoms with van der Waals surface area (Å²) in [7, 11) is 0. The zero-order valence-electron chi connectivity index (χ0n) is 17.4. The lowest BCUT2D eigenvalue weighted by Gasteiger charge is -2.23. The average Bonchev–Trinajstić information content (AvgIpc) is 3.57. The van der Waals surface area contributed by atoms with E-state index in [1.807, 2.05) is 37.3 Å². The minimum atomic E-state index is 0.257. The van der Waals surface area contributed by atoms with Gasteiger partial charge in [-0.05, 0) is 31.2 Å². The van der Waals surface area contributed by atoms with Crippen molar-refractivity contribution in [3.8, 4) is 22.7 Å². The normalized spacial score (nSPS) is 16.4. The van der Waals surface area contributed by atoms with Gasteiger partial charge in [0.15, 0.2) is 0 Å². The third-order valence-corrected chi connectivity index (χ3v) is 6.26. The van der Waals surface area contributed by atoms with Crippen LogP contribution in [0.25, 0.3) is 22.7 Å². The van der Waals surface area contributed by atoms with Crippen LogP contribution in [0.1, 0.15) is 29.4 Å². The van der Waals surface area contributed by atoms with Crippen LogP contribution in [-0.2, 0) is 17.8 Å². The van der Waals surface area contributed by atoms with Gasteiger partial charge in [0.2, 0.25) is 5.89 Å². The van der Waals surface area contributed by atoms with E-state index < -0.39 is 0 Å². The molecule has 1 fully saturated rings. The summed E-state index contributed by atoms with van der Waals surface area (Å²) in [6.45, 7) is 4.94. The summed E-state index contributed by atoms with van der Waals surface area (Å²) in [6, 6.07) is 14.1. The Morgan fingerprint density at radius 3 is 2.77 bits per heavy atom. The molecule has 8 heteroatoms. The van der Waals surface area contributed by atoms with Crippen LogP contribution >= 0.6 is 11.3 Å². The molecule has 5 rings (SSSR count). The van der Waals surface area contributed by atoms with E-state index in [0.29, 0.717) is 29.8 Å². The molecule has 0 spiro atoms. The molecule has 0 N–H and O–H groups in total. The molecule has 160 valence electrons. The summed E-state index contributed by atoms with van der Waals surface area (Å²) in [6.07, 6.45) is 2.47. The van der Waals surface area contributed by atoms with Gasteiger partial charge in [-0.2, -0.15) is 0 Å². The van der Waals surface area contributed by atoms with E-state index in [1.165, 1.54) is 4.88 Å². The van der Waals surface area contributed by atoms with Gasteiger partial charge in [-0.25, -0.2) is 0 Å². The van der Waals surface area contributed by atoms with Crippen LogP contribution < -0.4 is 0 Å². The van der Waals surface area contributed by atoms with Gasteiger partial charge in [0.1, 0.15) is 17.0 Å². The molecule has 0 amide bonds. The molecule has 4 aromatic rings. The van der Waals surface area contributed by atoms with Crippen molar-refractivity contribution in [1.82, 2.24) is 20.3 Å². The quantitative estimate of drug-likeness (QED) is 0.387. The van der Waals surface area contributed by atoms with Crippen molar-refractivity contribution in [2.75, 3.05) is 13.2 Å². The van der Waals surface area contributed by atoms with Gasteiger partial charge < -0.3 is 13.7 Å². The average molecular weight is 437 g/mol. The summed E-state index contributed by atoms with van der Waals surface area (Å²) in [5.41, 5.74) is 2.41. The molecular weight excluding hydrogens is 412 g/mol. The van der Waals surface area contributed by atoms with E-state index >= 15 is 0 Å². The summed E-state index contributed by atoms with van der Waals surface area (Å²) < 4.78 is 17.4. The number of benzene rings is 1. The predicted octanol–water partition coefficient (Wildman–Crippen LogP) is 4.94. The molecule has 1 atom stereocenters. The fourth-order valence-electron chi connectivity index (χ4n) is 3.91.